The number of guanidine groups is 1. The van der Waals surface area contributed by atoms with Crippen LogP contribution in [0.15, 0.2) is 29.3 Å². The predicted octanol–water partition coefficient (Wildman–Crippen LogP) is 2.70. The molecule has 1 fully saturated rings. The van der Waals surface area contributed by atoms with Crippen molar-refractivity contribution in [2.75, 3.05) is 33.2 Å². The van der Waals surface area contributed by atoms with Gasteiger partial charge in [0.25, 0.3) is 0 Å². The molecule has 1 aromatic rings. The minimum Gasteiger partial charge on any atom is -0.359 e. The number of piperidine rings is 1. The van der Waals surface area contributed by atoms with Crippen LogP contribution in [0.5, 0.6) is 0 Å². The molecule has 6 heteroatoms. The highest BCUT2D eigenvalue weighted by Crippen LogP contribution is 2.20. The monoisotopic (exact) mass is 364 g/mol. The van der Waals surface area contributed by atoms with Crippen LogP contribution < -0.4 is 10.6 Å². The Hall–Kier alpha value is -1.75. The summed E-state index contributed by atoms with van der Waals surface area (Å²) in [6.45, 7) is 5.61. The van der Waals surface area contributed by atoms with Crippen LogP contribution in [-0.2, 0) is 11.2 Å². The number of benzene rings is 1. The quantitative estimate of drug-likeness (QED) is 0.602. The van der Waals surface area contributed by atoms with Crippen LogP contribution in [0.2, 0.25) is 5.02 Å². The molecule has 0 aromatic heterocycles. The number of hydrogen-bond donors (Lipinski definition) is 2. The summed E-state index contributed by atoms with van der Waals surface area (Å²) in [6, 6.07) is 7.94. The van der Waals surface area contributed by atoms with E-state index in [-0.39, 0.29) is 5.91 Å². The Morgan fingerprint density at radius 1 is 1.28 bits per heavy atom. The van der Waals surface area contributed by atoms with Crippen LogP contribution in [0.25, 0.3) is 0 Å². The second-order valence-corrected chi connectivity index (χ2v) is 6.86. The zero-order chi connectivity index (χ0) is 18.1. The van der Waals surface area contributed by atoms with E-state index in [1.807, 2.05) is 12.1 Å². The van der Waals surface area contributed by atoms with Crippen LogP contribution in [-0.4, -0.2) is 50.0 Å². The number of aliphatic imine (C=N–C) groups is 1. The molecule has 0 spiro atoms. The van der Waals surface area contributed by atoms with Crippen LogP contribution >= 0.6 is 11.6 Å². The van der Waals surface area contributed by atoms with E-state index >= 15 is 0 Å². The lowest BCUT2D eigenvalue weighted by atomic mass is 9.93. The molecule has 2 rings (SSSR count). The number of nitrogens with one attached hydrogen (secondary N) is 2. The smallest absolute Gasteiger partial charge is 0.220 e. The predicted molar refractivity (Wildman–Crippen MR) is 104 cm³/mol. The zero-order valence-electron chi connectivity index (χ0n) is 15.2. The second-order valence-electron chi connectivity index (χ2n) is 6.42. The maximum Gasteiger partial charge on any atom is 0.220 e. The number of halogens is 1. The van der Waals surface area contributed by atoms with E-state index in [9.17, 15) is 4.79 Å². The molecule has 1 aliphatic rings. The van der Waals surface area contributed by atoms with Crippen LogP contribution in [0, 0.1) is 5.92 Å². The number of amides is 1. The first kappa shape index (κ1) is 19.6. The Balaban J connectivity index is 1.85. The molecular formula is C19H29ClN4O. The summed E-state index contributed by atoms with van der Waals surface area (Å²) in [5.41, 5.74) is 1.24. The van der Waals surface area contributed by atoms with E-state index in [2.05, 4.69) is 34.6 Å². The Kier molecular flexibility index (Phi) is 8.06. The van der Waals surface area contributed by atoms with Gasteiger partial charge in [-0.15, -0.1) is 0 Å². The van der Waals surface area contributed by atoms with E-state index < -0.39 is 0 Å². The first-order chi connectivity index (χ1) is 12.1. The SMILES string of the molecule is CCNC(=NCCc1ccc(Cl)cc1)N1CCC(CC(=O)NC)CC1. The number of carbonyl (C=O) groups is 1. The second kappa shape index (κ2) is 10.3. The first-order valence-electron chi connectivity index (χ1n) is 9.10. The van der Waals surface area contributed by atoms with Gasteiger partial charge in [0.2, 0.25) is 5.91 Å². The summed E-state index contributed by atoms with van der Waals surface area (Å²) in [7, 11) is 1.70. The highest BCUT2D eigenvalue weighted by atomic mass is 35.5. The fourth-order valence-electron chi connectivity index (χ4n) is 3.08. The van der Waals surface area contributed by atoms with Crippen LogP contribution in [0.1, 0.15) is 31.7 Å². The average Bonchev–Trinajstić information content (AvgIpc) is 2.63. The molecular weight excluding hydrogens is 336 g/mol. The third kappa shape index (κ3) is 6.58. The fourth-order valence-corrected chi connectivity index (χ4v) is 3.21. The Morgan fingerprint density at radius 3 is 2.56 bits per heavy atom. The van der Waals surface area contributed by atoms with Gasteiger partial charge in [-0.2, -0.15) is 0 Å². The molecule has 1 saturated heterocycles. The minimum atomic E-state index is 0.141. The minimum absolute atomic E-state index is 0.141. The number of carbonyl (C=O) groups excluding carboxylic acids is 1. The Morgan fingerprint density at radius 2 is 1.96 bits per heavy atom. The third-order valence-electron chi connectivity index (χ3n) is 4.58. The highest BCUT2D eigenvalue weighted by molar-refractivity contribution is 6.30. The summed E-state index contributed by atoms with van der Waals surface area (Å²) in [5.74, 6) is 1.60. The Bertz CT molecular complexity index is 565. The summed E-state index contributed by atoms with van der Waals surface area (Å²) in [5, 5.41) is 6.87. The molecule has 0 unspecified atom stereocenters. The van der Waals surface area contributed by atoms with Crippen molar-refractivity contribution in [2.24, 2.45) is 10.9 Å². The number of hydrogen-bond acceptors (Lipinski definition) is 2. The average molecular weight is 365 g/mol. The van der Waals surface area contributed by atoms with Crippen molar-refractivity contribution < 1.29 is 4.79 Å². The van der Waals surface area contributed by atoms with Gasteiger partial charge in [-0.1, -0.05) is 23.7 Å². The van der Waals surface area contributed by atoms with Crippen molar-refractivity contribution in [2.45, 2.75) is 32.6 Å². The summed E-state index contributed by atoms with van der Waals surface area (Å²) < 4.78 is 0. The standard InChI is InChI=1S/C19H29ClN4O/c1-3-22-19(23-11-8-15-4-6-17(20)7-5-15)24-12-9-16(10-13-24)14-18(25)21-2/h4-7,16H,3,8-14H2,1-2H3,(H,21,25)(H,22,23). The molecule has 1 aromatic carbocycles. The molecule has 0 radical (unpaired) electrons. The largest absolute Gasteiger partial charge is 0.359 e. The molecule has 1 amide bonds. The van der Waals surface area contributed by atoms with Gasteiger partial charge in [-0.05, 0) is 49.8 Å². The normalized spacial score (nSPS) is 16.0. The molecule has 1 heterocycles. The van der Waals surface area contributed by atoms with Gasteiger partial charge in [-0.3, -0.25) is 9.79 Å². The van der Waals surface area contributed by atoms with Gasteiger partial charge < -0.3 is 15.5 Å². The molecule has 138 valence electrons. The first-order valence-corrected chi connectivity index (χ1v) is 9.48. The lowest BCUT2D eigenvalue weighted by Gasteiger charge is -2.34. The van der Waals surface area contributed by atoms with Gasteiger partial charge in [0, 0.05) is 44.7 Å². The number of rotatable bonds is 6. The van der Waals surface area contributed by atoms with Crippen molar-refractivity contribution in [3.8, 4) is 0 Å². The van der Waals surface area contributed by atoms with Gasteiger partial charge in [0.1, 0.15) is 0 Å². The maximum atomic E-state index is 11.5. The van der Waals surface area contributed by atoms with Crippen molar-refractivity contribution in [3.63, 3.8) is 0 Å². The van der Waals surface area contributed by atoms with E-state index in [1.165, 1.54) is 5.56 Å². The van der Waals surface area contributed by atoms with E-state index in [1.54, 1.807) is 7.05 Å². The maximum absolute atomic E-state index is 11.5. The summed E-state index contributed by atoms with van der Waals surface area (Å²) in [4.78, 5) is 18.6. The molecule has 0 aliphatic carbocycles. The molecule has 1 aliphatic heterocycles. The van der Waals surface area contributed by atoms with Gasteiger partial charge in [0.05, 0.1) is 0 Å². The lowest BCUT2D eigenvalue weighted by Crippen LogP contribution is -2.46. The van der Waals surface area contributed by atoms with E-state index in [4.69, 9.17) is 16.6 Å². The molecule has 0 saturated carbocycles. The molecule has 0 atom stereocenters. The van der Waals surface area contributed by atoms with Crippen LogP contribution in [0.4, 0.5) is 0 Å². The Labute approximate surface area is 155 Å². The number of nitrogens with zero attached hydrogens (tertiary/aromatic N) is 2. The van der Waals surface area contributed by atoms with Crippen LogP contribution in [0.3, 0.4) is 0 Å². The van der Waals surface area contributed by atoms with Crippen molar-refractivity contribution >= 4 is 23.5 Å². The van der Waals surface area contributed by atoms with Gasteiger partial charge >= 0.3 is 0 Å². The molecule has 25 heavy (non-hydrogen) atoms. The van der Waals surface area contributed by atoms with E-state index in [0.29, 0.717) is 12.3 Å². The zero-order valence-corrected chi connectivity index (χ0v) is 16.0. The van der Waals surface area contributed by atoms with Gasteiger partial charge in [-0.25, -0.2) is 0 Å². The van der Waals surface area contributed by atoms with Crippen molar-refractivity contribution in [3.05, 3.63) is 34.9 Å². The summed E-state index contributed by atoms with van der Waals surface area (Å²) in [6.07, 6.45) is 3.61. The molecule has 0 bridgehead atoms. The van der Waals surface area contributed by atoms with Crippen molar-refractivity contribution in [1.82, 2.24) is 15.5 Å². The fraction of sp³-hybridized carbons (Fsp3) is 0.579. The lowest BCUT2D eigenvalue weighted by molar-refractivity contribution is -0.121. The number of likely N-dealkylation sites (tertiary alicyclic amines) is 1. The van der Waals surface area contributed by atoms with E-state index in [0.717, 1.165) is 56.4 Å². The summed E-state index contributed by atoms with van der Waals surface area (Å²) >= 11 is 5.92. The topological polar surface area (TPSA) is 56.7 Å². The molecule has 5 nitrogen and oxygen atoms in total. The molecule has 2 N–H and O–H groups in total. The van der Waals surface area contributed by atoms with Crippen molar-refractivity contribution in [1.29, 1.82) is 0 Å². The third-order valence-corrected chi connectivity index (χ3v) is 4.83. The van der Waals surface area contributed by atoms with Gasteiger partial charge in [0.15, 0.2) is 5.96 Å². The highest BCUT2D eigenvalue weighted by Gasteiger charge is 2.22.